The number of aliphatic hydroxyl groups excluding tert-OH is 1. The second kappa shape index (κ2) is 6.72. The zero-order chi connectivity index (χ0) is 14.5. The molecular weight excluding hydrogens is 256 g/mol. The largest absolute Gasteiger partial charge is 0.491 e. The van der Waals surface area contributed by atoms with Crippen molar-refractivity contribution in [3.63, 3.8) is 0 Å². The van der Waals surface area contributed by atoms with Crippen molar-refractivity contribution >= 4 is 11.6 Å². The maximum Gasteiger partial charge on any atom is 0.224 e. The van der Waals surface area contributed by atoms with E-state index in [0.717, 1.165) is 17.7 Å². The van der Waals surface area contributed by atoms with E-state index < -0.39 is 6.10 Å². The summed E-state index contributed by atoms with van der Waals surface area (Å²) in [6.07, 6.45) is 0.748. The Morgan fingerprint density at radius 2 is 2.20 bits per heavy atom. The minimum absolute atomic E-state index is 0.0378. The Labute approximate surface area is 119 Å². The molecule has 0 saturated carbocycles. The highest BCUT2D eigenvalue weighted by molar-refractivity contribution is 5.94. The molecule has 1 unspecified atom stereocenters. The first kappa shape index (κ1) is 14.8. The number of benzene rings is 1. The molecule has 0 saturated heterocycles. The molecule has 20 heavy (non-hydrogen) atoms. The lowest BCUT2D eigenvalue weighted by Crippen LogP contribution is -2.35. The van der Waals surface area contributed by atoms with Gasteiger partial charge in [-0.05, 0) is 18.1 Å². The van der Waals surface area contributed by atoms with Gasteiger partial charge in [-0.2, -0.15) is 0 Å². The minimum atomic E-state index is -0.553. The molecule has 0 bridgehead atoms. The second-order valence-electron chi connectivity index (χ2n) is 5.39. The molecule has 0 aliphatic carbocycles. The lowest BCUT2D eigenvalue weighted by Gasteiger charge is -2.19. The molecule has 1 aromatic carbocycles. The molecule has 0 fully saturated rings. The molecule has 1 amide bonds. The van der Waals surface area contributed by atoms with E-state index in [1.807, 2.05) is 32.0 Å². The van der Waals surface area contributed by atoms with E-state index in [1.165, 1.54) is 0 Å². The number of fused-ring (bicyclic) bond motifs is 1. The van der Waals surface area contributed by atoms with Gasteiger partial charge in [0.25, 0.3) is 0 Å². The predicted molar refractivity (Wildman–Crippen MR) is 78.0 cm³/mol. The summed E-state index contributed by atoms with van der Waals surface area (Å²) in [6, 6.07) is 5.99. The molecule has 110 valence electrons. The lowest BCUT2D eigenvalue weighted by molar-refractivity contribution is -0.116. The van der Waals surface area contributed by atoms with Gasteiger partial charge in [-0.1, -0.05) is 19.9 Å². The van der Waals surface area contributed by atoms with Crippen molar-refractivity contribution in [2.24, 2.45) is 0 Å². The summed E-state index contributed by atoms with van der Waals surface area (Å²) in [6.45, 7) is 4.78. The van der Waals surface area contributed by atoms with Crippen molar-refractivity contribution < 1.29 is 14.6 Å². The minimum Gasteiger partial charge on any atom is -0.491 e. The first-order chi connectivity index (χ1) is 9.54. The molecule has 1 aromatic rings. The third-order valence-electron chi connectivity index (χ3n) is 3.18. The fourth-order valence-corrected chi connectivity index (χ4v) is 2.06. The van der Waals surface area contributed by atoms with E-state index in [0.29, 0.717) is 24.8 Å². The Balaban J connectivity index is 1.87. The number of hydrogen-bond acceptors (Lipinski definition) is 4. The van der Waals surface area contributed by atoms with Gasteiger partial charge in [0, 0.05) is 30.8 Å². The van der Waals surface area contributed by atoms with Gasteiger partial charge in [-0.25, -0.2) is 0 Å². The first-order valence-corrected chi connectivity index (χ1v) is 7.01. The topological polar surface area (TPSA) is 70.6 Å². The van der Waals surface area contributed by atoms with E-state index in [4.69, 9.17) is 4.74 Å². The van der Waals surface area contributed by atoms with Crippen LogP contribution in [0.5, 0.6) is 5.75 Å². The van der Waals surface area contributed by atoms with E-state index in [9.17, 15) is 9.90 Å². The number of aryl methyl sites for hydroxylation is 1. The van der Waals surface area contributed by atoms with Gasteiger partial charge in [0.2, 0.25) is 5.91 Å². The highest BCUT2D eigenvalue weighted by Crippen LogP contribution is 2.27. The zero-order valence-corrected chi connectivity index (χ0v) is 12.0. The van der Waals surface area contributed by atoms with Crippen LogP contribution in [-0.4, -0.2) is 36.3 Å². The third-order valence-corrected chi connectivity index (χ3v) is 3.18. The molecule has 5 heteroatoms. The highest BCUT2D eigenvalue weighted by atomic mass is 16.5. The van der Waals surface area contributed by atoms with Crippen molar-refractivity contribution in [3.05, 3.63) is 23.8 Å². The van der Waals surface area contributed by atoms with Crippen LogP contribution in [-0.2, 0) is 11.2 Å². The van der Waals surface area contributed by atoms with Crippen molar-refractivity contribution in [1.82, 2.24) is 5.32 Å². The van der Waals surface area contributed by atoms with Gasteiger partial charge in [0.1, 0.15) is 18.5 Å². The van der Waals surface area contributed by atoms with Crippen molar-refractivity contribution in [2.75, 3.05) is 18.5 Å². The normalized spacial score (nSPS) is 15.7. The molecule has 1 aliphatic rings. The third kappa shape index (κ3) is 4.21. The van der Waals surface area contributed by atoms with E-state index in [1.54, 1.807) is 0 Å². The Bertz CT molecular complexity index is 474. The van der Waals surface area contributed by atoms with Crippen LogP contribution in [0.2, 0.25) is 0 Å². The number of ether oxygens (including phenoxy) is 1. The Morgan fingerprint density at radius 1 is 1.40 bits per heavy atom. The maximum absolute atomic E-state index is 11.4. The van der Waals surface area contributed by atoms with Gasteiger partial charge >= 0.3 is 0 Å². The average Bonchev–Trinajstić information content (AvgIpc) is 2.42. The molecule has 0 radical (unpaired) electrons. The number of carbonyl (C=O) groups is 1. The van der Waals surface area contributed by atoms with Crippen LogP contribution >= 0.6 is 0 Å². The van der Waals surface area contributed by atoms with Crippen molar-refractivity contribution in [3.8, 4) is 5.75 Å². The molecule has 1 aliphatic heterocycles. The van der Waals surface area contributed by atoms with Crippen LogP contribution in [0.15, 0.2) is 18.2 Å². The van der Waals surface area contributed by atoms with Crippen LogP contribution in [0.4, 0.5) is 5.69 Å². The smallest absolute Gasteiger partial charge is 0.224 e. The van der Waals surface area contributed by atoms with Crippen molar-refractivity contribution in [1.29, 1.82) is 0 Å². The van der Waals surface area contributed by atoms with Crippen LogP contribution < -0.4 is 15.4 Å². The second-order valence-corrected chi connectivity index (χ2v) is 5.39. The lowest BCUT2D eigenvalue weighted by atomic mass is 10.0. The number of aliphatic hydroxyl groups is 1. The predicted octanol–water partition coefficient (Wildman–Crippen LogP) is 1.31. The number of hydrogen-bond donors (Lipinski definition) is 3. The van der Waals surface area contributed by atoms with Crippen molar-refractivity contribution in [2.45, 2.75) is 38.8 Å². The summed E-state index contributed by atoms with van der Waals surface area (Å²) in [5.41, 5.74) is 1.94. The van der Waals surface area contributed by atoms with E-state index >= 15 is 0 Å². The monoisotopic (exact) mass is 278 g/mol. The van der Waals surface area contributed by atoms with Crippen LogP contribution in [0.25, 0.3) is 0 Å². The summed E-state index contributed by atoms with van der Waals surface area (Å²) >= 11 is 0. The summed E-state index contributed by atoms with van der Waals surface area (Å²) < 4.78 is 5.56. The SMILES string of the molecule is CC(C)NCC(O)COc1ccc2c(c1)NC(=O)CC2. The molecule has 5 nitrogen and oxygen atoms in total. The van der Waals surface area contributed by atoms with Gasteiger partial charge < -0.3 is 20.5 Å². The Morgan fingerprint density at radius 3 is 2.95 bits per heavy atom. The maximum atomic E-state index is 11.4. The zero-order valence-electron chi connectivity index (χ0n) is 12.0. The standard InChI is InChI=1S/C15H22N2O3/c1-10(2)16-8-12(18)9-20-13-5-3-11-4-6-15(19)17-14(11)7-13/h3,5,7,10,12,16,18H,4,6,8-9H2,1-2H3,(H,17,19). The fourth-order valence-electron chi connectivity index (χ4n) is 2.06. The molecular formula is C15H22N2O3. The van der Waals surface area contributed by atoms with Gasteiger partial charge in [-0.15, -0.1) is 0 Å². The number of amides is 1. The highest BCUT2D eigenvalue weighted by Gasteiger charge is 2.15. The van der Waals surface area contributed by atoms with Gasteiger partial charge in [0.05, 0.1) is 0 Å². The van der Waals surface area contributed by atoms with Crippen LogP contribution in [0.1, 0.15) is 25.8 Å². The van der Waals surface area contributed by atoms with E-state index in [-0.39, 0.29) is 12.5 Å². The first-order valence-electron chi connectivity index (χ1n) is 7.01. The summed E-state index contributed by atoms with van der Waals surface area (Å²) in [7, 11) is 0. The molecule has 1 atom stereocenters. The summed E-state index contributed by atoms with van der Waals surface area (Å²) in [5, 5.41) is 15.8. The fraction of sp³-hybridized carbons (Fsp3) is 0.533. The number of anilines is 1. The summed E-state index contributed by atoms with van der Waals surface area (Å²) in [5.74, 6) is 0.699. The van der Waals surface area contributed by atoms with Crippen LogP contribution in [0, 0.1) is 0 Å². The van der Waals surface area contributed by atoms with E-state index in [2.05, 4.69) is 10.6 Å². The quantitative estimate of drug-likeness (QED) is 0.734. The molecule has 0 aromatic heterocycles. The number of nitrogens with one attached hydrogen (secondary N) is 2. The number of carbonyl (C=O) groups excluding carboxylic acids is 1. The van der Waals surface area contributed by atoms with Gasteiger partial charge in [-0.3, -0.25) is 4.79 Å². The molecule has 3 N–H and O–H groups in total. The average molecular weight is 278 g/mol. The Kier molecular flexibility index (Phi) is 4.98. The van der Waals surface area contributed by atoms with Gasteiger partial charge in [0.15, 0.2) is 0 Å². The molecule has 0 spiro atoms. The molecule has 2 rings (SSSR count). The number of rotatable bonds is 6. The summed E-state index contributed by atoms with van der Waals surface area (Å²) in [4.78, 5) is 11.4. The molecule has 1 heterocycles. The van der Waals surface area contributed by atoms with Crippen LogP contribution in [0.3, 0.4) is 0 Å². The Hall–Kier alpha value is -1.59.